The number of rotatable bonds is 7. The fourth-order valence-corrected chi connectivity index (χ4v) is 2.72. The largest absolute Gasteiger partial charge is 0.492 e. The van der Waals surface area contributed by atoms with Gasteiger partial charge in [0.1, 0.15) is 21.6 Å². The highest BCUT2D eigenvalue weighted by Gasteiger charge is 2.67. The van der Waals surface area contributed by atoms with Crippen LogP contribution in [-0.2, 0) is 20.4 Å². The van der Waals surface area contributed by atoms with Crippen LogP contribution in [0.1, 0.15) is 0 Å². The molecule has 1 rings (SSSR count). The number of carboxylic acids is 1. The zero-order valence-corrected chi connectivity index (χ0v) is 11.4. The lowest BCUT2D eigenvalue weighted by Crippen LogP contribution is -2.71. The van der Waals surface area contributed by atoms with Crippen LogP contribution < -0.4 is 5.73 Å². The van der Waals surface area contributed by atoms with Crippen molar-refractivity contribution < 1.29 is 28.8 Å². The van der Waals surface area contributed by atoms with Crippen LogP contribution in [0.4, 0.5) is 0 Å². The monoisotopic (exact) mass is 324 g/mol. The van der Waals surface area contributed by atoms with E-state index in [1.165, 1.54) is 0 Å². The van der Waals surface area contributed by atoms with Gasteiger partial charge >= 0.3 is 11.6 Å². The van der Waals surface area contributed by atoms with Gasteiger partial charge < -0.3 is 15.7 Å². The molecular formula is C8H12N4O8S. The number of nitrogens with two attached hydrogens (primary N) is 1. The summed E-state index contributed by atoms with van der Waals surface area (Å²) >= 11 is 0. The predicted molar refractivity (Wildman–Crippen MR) is 66.8 cm³/mol. The fourth-order valence-electron chi connectivity index (χ4n) is 1.60. The van der Waals surface area contributed by atoms with Crippen molar-refractivity contribution in [2.75, 3.05) is 24.6 Å². The van der Waals surface area contributed by atoms with E-state index in [1.54, 1.807) is 0 Å². The van der Waals surface area contributed by atoms with Gasteiger partial charge in [-0.15, -0.1) is 0 Å². The van der Waals surface area contributed by atoms with Gasteiger partial charge in [-0.25, -0.2) is 0 Å². The highest BCUT2D eigenvalue weighted by atomic mass is 32.2. The van der Waals surface area contributed by atoms with Gasteiger partial charge in [-0.1, -0.05) is 0 Å². The van der Waals surface area contributed by atoms with E-state index in [1.807, 2.05) is 0 Å². The van der Waals surface area contributed by atoms with Gasteiger partial charge in [-0.05, 0) is 0 Å². The second-order valence-electron chi connectivity index (χ2n) is 4.44. The van der Waals surface area contributed by atoms with Gasteiger partial charge in [-0.3, -0.25) is 34.0 Å². The number of amides is 1. The normalized spacial score (nSPS) is 19.2. The standard InChI is InChI=1S/C8H12N4O8S/c9-5(7(14)15)1-21(20)2-6(13)10-3-8(4-10,11(16)17)12(18)19/h5H,1-4,9H2,(H,14,15)/t5-,21?/m0/s1. The number of hydrogen-bond acceptors (Lipinski definition) is 8. The molecular weight excluding hydrogens is 312 g/mol. The third-order valence-corrected chi connectivity index (χ3v) is 4.19. The summed E-state index contributed by atoms with van der Waals surface area (Å²) in [6.07, 6.45) is 0. The second kappa shape index (κ2) is 6.09. The summed E-state index contributed by atoms with van der Waals surface area (Å²) in [5.41, 5.74) is 2.72. The molecule has 3 N–H and O–H groups in total. The number of likely N-dealkylation sites (tertiary alicyclic amines) is 1. The average Bonchev–Trinajstić information content (AvgIpc) is 2.25. The summed E-state index contributed by atoms with van der Waals surface area (Å²) in [5.74, 6) is -3.21. The van der Waals surface area contributed by atoms with Crippen LogP contribution in [0.25, 0.3) is 0 Å². The molecule has 12 nitrogen and oxygen atoms in total. The Hall–Kier alpha value is -2.15. The highest BCUT2D eigenvalue weighted by molar-refractivity contribution is 7.85. The zero-order valence-electron chi connectivity index (χ0n) is 10.5. The maximum Gasteiger partial charge on any atom is 0.492 e. The average molecular weight is 324 g/mol. The molecule has 1 amide bonds. The first-order valence-corrected chi connectivity index (χ1v) is 6.99. The number of hydrogen-bond donors (Lipinski definition) is 2. The van der Waals surface area contributed by atoms with E-state index in [-0.39, 0.29) is 0 Å². The Morgan fingerprint density at radius 3 is 2.19 bits per heavy atom. The van der Waals surface area contributed by atoms with Crippen molar-refractivity contribution in [1.29, 1.82) is 0 Å². The number of aliphatic carboxylic acids is 1. The third kappa shape index (κ3) is 3.49. The van der Waals surface area contributed by atoms with E-state index in [0.717, 1.165) is 4.90 Å². The van der Waals surface area contributed by atoms with E-state index in [2.05, 4.69) is 0 Å². The van der Waals surface area contributed by atoms with Crippen LogP contribution in [0.15, 0.2) is 0 Å². The molecule has 0 aliphatic carbocycles. The molecule has 0 bridgehead atoms. The minimum absolute atomic E-state index is 0.454. The van der Waals surface area contributed by atoms with Crippen molar-refractivity contribution in [3.05, 3.63) is 20.2 Å². The smallest absolute Gasteiger partial charge is 0.480 e. The number of nitro groups is 2. The van der Waals surface area contributed by atoms with Crippen LogP contribution in [0.5, 0.6) is 0 Å². The molecule has 13 heteroatoms. The number of carboxylic acid groups (broad SMARTS) is 1. The van der Waals surface area contributed by atoms with Crippen molar-refractivity contribution in [3.8, 4) is 0 Å². The van der Waals surface area contributed by atoms with E-state index >= 15 is 0 Å². The molecule has 118 valence electrons. The molecule has 1 saturated heterocycles. The molecule has 1 heterocycles. The van der Waals surface area contributed by atoms with E-state index in [9.17, 15) is 34.0 Å². The predicted octanol–water partition coefficient (Wildman–Crippen LogP) is -2.76. The summed E-state index contributed by atoms with van der Waals surface area (Å²) in [4.78, 5) is 42.0. The van der Waals surface area contributed by atoms with Crippen LogP contribution in [-0.4, -0.2) is 72.2 Å². The molecule has 0 aromatic carbocycles. The molecule has 1 fully saturated rings. The fraction of sp³-hybridized carbons (Fsp3) is 0.750. The Bertz CT molecular complexity index is 500. The maximum absolute atomic E-state index is 11.6. The minimum Gasteiger partial charge on any atom is -0.480 e. The number of nitrogens with zero attached hydrogens (tertiary/aromatic N) is 3. The molecule has 1 unspecified atom stereocenters. The van der Waals surface area contributed by atoms with Gasteiger partial charge in [0, 0.05) is 16.6 Å². The summed E-state index contributed by atoms with van der Waals surface area (Å²) < 4.78 is 11.5. The molecule has 1 aliphatic heterocycles. The van der Waals surface area contributed by atoms with E-state index in [0.29, 0.717) is 0 Å². The molecule has 0 saturated carbocycles. The van der Waals surface area contributed by atoms with Gasteiger partial charge in [0.2, 0.25) is 5.91 Å². The molecule has 21 heavy (non-hydrogen) atoms. The topological polar surface area (TPSA) is 187 Å². The van der Waals surface area contributed by atoms with Crippen molar-refractivity contribution in [2.45, 2.75) is 11.7 Å². The van der Waals surface area contributed by atoms with Crippen LogP contribution in [0.2, 0.25) is 0 Å². The highest BCUT2D eigenvalue weighted by Crippen LogP contribution is 2.25. The molecule has 0 aromatic heterocycles. The Morgan fingerprint density at radius 1 is 1.33 bits per heavy atom. The zero-order chi connectivity index (χ0) is 16.4. The molecule has 0 radical (unpaired) electrons. The molecule has 0 aromatic rings. The van der Waals surface area contributed by atoms with Crippen LogP contribution in [0.3, 0.4) is 0 Å². The van der Waals surface area contributed by atoms with Gasteiger partial charge in [0.25, 0.3) is 0 Å². The van der Waals surface area contributed by atoms with Gasteiger partial charge in [-0.2, -0.15) is 0 Å². The van der Waals surface area contributed by atoms with Gasteiger partial charge in [0.15, 0.2) is 13.1 Å². The molecule has 1 aliphatic rings. The van der Waals surface area contributed by atoms with Crippen molar-refractivity contribution in [3.63, 3.8) is 0 Å². The quantitative estimate of drug-likeness (QED) is 0.284. The number of carbonyl (C=O) groups is 2. The third-order valence-electron chi connectivity index (χ3n) is 2.89. The number of carbonyl (C=O) groups excluding carboxylic acids is 1. The lowest BCUT2D eigenvalue weighted by molar-refractivity contribution is -0.809. The summed E-state index contributed by atoms with van der Waals surface area (Å²) in [5, 5.41) is 29.8. The van der Waals surface area contributed by atoms with Crippen molar-refractivity contribution in [1.82, 2.24) is 4.90 Å². The Morgan fingerprint density at radius 2 is 1.81 bits per heavy atom. The summed E-state index contributed by atoms with van der Waals surface area (Å²) in [7, 11) is -1.87. The first-order chi connectivity index (χ1) is 9.60. The summed E-state index contributed by atoms with van der Waals surface area (Å²) in [6.45, 7) is -1.43. The minimum atomic E-state index is -2.42. The second-order valence-corrected chi connectivity index (χ2v) is 5.94. The SMILES string of the molecule is N[C@@H](CS(=O)CC(=O)N1CC([N+](=O)[O-])([N+](=O)[O-])C1)C(=O)O. The van der Waals surface area contributed by atoms with Crippen LogP contribution >= 0.6 is 0 Å². The lowest BCUT2D eigenvalue weighted by atomic mass is 10.0. The van der Waals surface area contributed by atoms with E-state index in [4.69, 9.17) is 10.8 Å². The molecule has 2 atom stereocenters. The van der Waals surface area contributed by atoms with Crippen molar-refractivity contribution >= 4 is 22.7 Å². The first kappa shape index (κ1) is 16.9. The maximum atomic E-state index is 11.6. The Labute approximate surface area is 119 Å². The Balaban J connectivity index is 2.53. The summed E-state index contributed by atoms with van der Waals surface area (Å²) in [6, 6.07) is -1.40. The van der Waals surface area contributed by atoms with Gasteiger partial charge in [0.05, 0.1) is 0 Å². The first-order valence-electron chi connectivity index (χ1n) is 5.50. The Kier molecular flexibility index (Phi) is 4.90. The van der Waals surface area contributed by atoms with Crippen molar-refractivity contribution in [2.24, 2.45) is 5.73 Å². The van der Waals surface area contributed by atoms with Crippen LogP contribution in [0, 0.1) is 20.2 Å². The van der Waals surface area contributed by atoms with E-state index < -0.39 is 68.8 Å². The lowest BCUT2D eigenvalue weighted by Gasteiger charge is -2.35. The molecule has 0 spiro atoms.